The molecule has 0 amide bonds. The molecule has 0 heterocycles. The Balaban J connectivity index is 1.25. The lowest BCUT2D eigenvalue weighted by molar-refractivity contribution is 0.253. The minimum atomic E-state index is -1.05. The van der Waals surface area contributed by atoms with Crippen molar-refractivity contribution >= 4 is 11.6 Å². The molecule has 1 fully saturated rings. The minimum Gasteiger partial charge on any atom is -0.206 e. The first-order chi connectivity index (χ1) is 17.8. The summed E-state index contributed by atoms with van der Waals surface area (Å²) in [4.78, 5) is 0. The highest BCUT2D eigenvalue weighted by molar-refractivity contribution is 6.31. The van der Waals surface area contributed by atoms with Gasteiger partial charge in [0, 0.05) is 0 Å². The molecular formula is C32H35ClF4. The summed E-state index contributed by atoms with van der Waals surface area (Å²) in [7, 11) is 0. The van der Waals surface area contributed by atoms with Crippen LogP contribution in [0.1, 0.15) is 75.0 Å². The van der Waals surface area contributed by atoms with Crippen molar-refractivity contribution in [2.45, 2.75) is 77.6 Å². The monoisotopic (exact) mass is 530 g/mol. The molecule has 0 N–H and O–H groups in total. The summed E-state index contributed by atoms with van der Waals surface area (Å²) in [6.45, 7) is 2.22. The number of halogens is 5. The van der Waals surface area contributed by atoms with E-state index in [2.05, 4.69) is 31.2 Å². The maximum Gasteiger partial charge on any atom is 0.145 e. The summed E-state index contributed by atoms with van der Waals surface area (Å²) < 4.78 is 57.1. The lowest BCUT2D eigenvalue weighted by Crippen LogP contribution is -2.16. The van der Waals surface area contributed by atoms with E-state index in [1.807, 2.05) is 0 Å². The average Bonchev–Trinajstić information content (AvgIpc) is 2.89. The van der Waals surface area contributed by atoms with Crippen molar-refractivity contribution in [2.24, 2.45) is 11.8 Å². The Kier molecular flexibility index (Phi) is 9.70. The molecule has 1 aliphatic carbocycles. The summed E-state index contributed by atoms with van der Waals surface area (Å²) in [5.74, 6) is -2.44. The molecule has 3 aromatic rings. The van der Waals surface area contributed by atoms with E-state index >= 15 is 0 Å². The molecule has 198 valence electrons. The number of aryl methyl sites for hydroxylation is 3. The molecule has 1 saturated carbocycles. The third kappa shape index (κ3) is 7.37. The molecule has 37 heavy (non-hydrogen) atoms. The molecule has 0 spiro atoms. The van der Waals surface area contributed by atoms with Crippen molar-refractivity contribution in [1.82, 2.24) is 0 Å². The Morgan fingerprint density at radius 1 is 0.649 bits per heavy atom. The second kappa shape index (κ2) is 13.0. The van der Waals surface area contributed by atoms with E-state index in [-0.39, 0.29) is 5.56 Å². The lowest BCUT2D eigenvalue weighted by Gasteiger charge is -2.28. The molecular weight excluding hydrogens is 496 g/mol. The maximum absolute atomic E-state index is 14.8. The Morgan fingerprint density at radius 2 is 1.11 bits per heavy atom. The second-order valence-corrected chi connectivity index (χ2v) is 11.0. The SMILES string of the molecule is CCCCc1ccc(CC[C@H]2CC[C@H](CCc3cc(F)c(-c4cc(F)c(Cl)c(F)c4)c(F)c3)CC2)cc1. The highest BCUT2D eigenvalue weighted by atomic mass is 35.5. The van der Waals surface area contributed by atoms with Crippen molar-refractivity contribution in [1.29, 1.82) is 0 Å². The average molecular weight is 531 g/mol. The van der Waals surface area contributed by atoms with Crippen LogP contribution in [0.5, 0.6) is 0 Å². The number of hydrogen-bond donors (Lipinski definition) is 0. The third-order valence-electron chi connectivity index (χ3n) is 7.87. The number of rotatable bonds is 10. The predicted molar refractivity (Wildman–Crippen MR) is 144 cm³/mol. The largest absolute Gasteiger partial charge is 0.206 e. The molecule has 0 unspecified atom stereocenters. The first-order valence-corrected chi connectivity index (χ1v) is 13.9. The molecule has 1 aliphatic rings. The van der Waals surface area contributed by atoms with Crippen LogP contribution in [0.15, 0.2) is 48.5 Å². The molecule has 0 atom stereocenters. The van der Waals surface area contributed by atoms with Gasteiger partial charge in [0.05, 0.1) is 5.56 Å². The summed E-state index contributed by atoms with van der Waals surface area (Å²) in [5, 5.41) is -0.688. The molecule has 4 rings (SSSR count). The Labute approximate surface area is 223 Å². The normalized spacial score (nSPS) is 17.8. The van der Waals surface area contributed by atoms with Crippen LogP contribution in [-0.2, 0) is 19.3 Å². The van der Waals surface area contributed by atoms with Crippen LogP contribution in [0.25, 0.3) is 11.1 Å². The van der Waals surface area contributed by atoms with Gasteiger partial charge < -0.3 is 0 Å². The standard InChI is InChI=1S/C32H35ClF4/c1-2-3-4-21-5-7-22(8-6-21)9-10-23-11-13-24(14-12-23)15-16-25-17-27(34)31(28(35)18-25)26-19-29(36)32(33)30(37)20-26/h5-8,17-20,23-24H,2-4,9-16H2,1H3/t23-,24-. The van der Waals surface area contributed by atoms with Crippen LogP contribution >= 0.6 is 11.6 Å². The fourth-order valence-electron chi connectivity index (χ4n) is 5.55. The van der Waals surface area contributed by atoms with E-state index in [1.165, 1.54) is 55.4 Å². The summed E-state index contributed by atoms with van der Waals surface area (Å²) in [5.41, 5.74) is 2.77. The zero-order chi connectivity index (χ0) is 26.4. The van der Waals surface area contributed by atoms with Gasteiger partial charge in [0.15, 0.2) is 0 Å². The van der Waals surface area contributed by atoms with Crippen LogP contribution in [-0.4, -0.2) is 0 Å². The van der Waals surface area contributed by atoms with Crippen molar-refractivity contribution in [3.63, 3.8) is 0 Å². The van der Waals surface area contributed by atoms with E-state index in [0.29, 0.717) is 17.9 Å². The Morgan fingerprint density at radius 3 is 1.59 bits per heavy atom. The van der Waals surface area contributed by atoms with Crippen molar-refractivity contribution in [3.8, 4) is 11.1 Å². The summed E-state index contributed by atoms with van der Waals surface area (Å²) in [6, 6.07) is 13.4. The molecule has 0 bridgehead atoms. The summed E-state index contributed by atoms with van der Waals surface area (Å²) in [6.07, 6.45) is 12.1. The molecule has 0 nitrogen and oxygen atoms in total. The van der Waals surface area contributed by atoms with E-state index in [9.17, 15) is 17.6 Å². The van der Waals surface area contributed by atoms with Crippen LogP contribution < -0.4 is 0 Å². The van der Waals surface area contributed by atoms with Gasteiger partial charge in [-0.05, 0) is 96.9 Å². The zero-order valence-corrected chi connectivity index (χ0v) is 22.2. The quantitative estimate of drug-likeness (QED) is 0.181. The molecule has 0 aromatic heterocycles. The van der Waals surface area contributed by atoms with E-state index < -0.39 is 33.9 Å². The van der Waals surface area contributed by atoms with Crippen LogP contribution in [0.3, 0.4) is 0 Å². The molecule has 5 heteroatoms. The van der Waals surface area contributed by atoms with E-state index in [4.69, 9.17) is 11.6 Å². The van der Waals surface area contributed by atoms with Gasteiger partial charge in [-0.25, -0.2) is 17.6 Å². The van der Waals surface area contributed by atoms with Gasteiger partial charge in [-0.3, -0.25) is 0 Å². The number of benzene rings is 3. The van der Waals surface area contributed by atoms with Crippen LogP contribution in [0.4, 0.5) is 17.6 Å². The smallest absolute Gasteiger partial charge is 0.145 e. The van der Waals surface area contributed by atoms with Gasteiger partial charge in [-0.1, -0.05) is 74.9 Å². The fraction of sp³-hybridized carbons (Fsp3) is 0.438. The van der Waals surface area contributed by atoms with Crippen molar-refractivity contribution < 1.29 is 17.6 Å². The zero-order valence-electron chi connectivity index (χ0n) is 21.4. The molecule has 0 radical (unpaired) electrons. The highest BCUT2D eigenvalue weighted by Crippen LogP contribution is 2.35. The van der Waals surface area contributed by atoms with Crippen molar-refractivity contribution in [3.05, 3.63) is 93.5 Å². The minimum absolute atomic E-state index is 0.202. The van der Waals surface area contributed by atoms with Crippen LogP contribution in [0, 0.1) is 35.1 Å². The first kappa shape index (κ1) is 27.7. The van der Waals surface area contributed by atoms with Crippen molar-refractivity contribution in [2.75, 3.05) is 0 Å². The number of hydrogen-bond acceptors (Lipinski definition) is 0. The van der Waals surface area contributed by atoms with Gasteiger partial charge in [0.25, 0.3) is 0 Å². The highest BCUT2D eigenvalue weighted by Gasteiger charge is 2.22. The predicted octanol–water partition coefficient (Wildman–Crippen LogP) is 10.3. The molecule has 3 aromatic carbocycles. The van der Waals surface area contributed by atoms with Gasteiger partial charge in [-0.15, -0.1) is 0 Å². The second-order valence-electron chi connectivity index (χ2n) is 10.6. The van der Waals surface area contributed by atoms with Crippen LogP contribution in [0.2, 0.25) is 5.02 Å². The number of unbranched alkanes of at least 4 members (excludes halogenated alkanes) is 1. The van der Waals surface area contributed by atoms with Gasteiger partial charge in [0.2, 0.25) is 0 Å². The topological polar surface area (TPSA) is 0 Å². The Bertz CT molecular complexity index is 1130. The van der Waals surface area contributed by atoms with Gasteiger partial charge in [-0.2, -0.15) is 0 Å². The Hall–Kier alpha value is -2.33. The van der Waals surface area contributed by atoms with Gasteiger partial charge in [0.1, 0.15) is 28.3 Å². The first-order valence-electron chi connectivity index (χ1n) is 13.5. The molecule has 0 saturated heterocycles. The maximum atomic E-state index is 14.8. The van der Waals surface area contributed by atoms with E-state index in [0.717, 1.165) is 50.2 Å². The lowest BCUT2D eigenvalue weighted by atomic mass is 9.77. The fourth-order valence-corrected chi connectivity index (χ4v) is 5.66. The molecule has 0 aliphatic heterocycles. The third-order valence-corrected chi connectivity index (χ3v) is 8.23. The summed E-state index contributed by atoms with van der Waals surface area (Å²) >= 11 is 5.49. The van der Waals surface area contributed by atoms with Gasteiger partial charge >= 0.3 is 0 Å². The van der Waals surface area contributed by atoms with E-state index in [1.54, 1.807) is 0 Å².